The van der Waals surface area contributed by atoms with Crippen molar-refractivity contribution in [3.63, 3.8) is 0 Å². The van der Waals surface area contributed by atoms with Crippen LogP contribution in [0, 0.1) is 5.92 Å². The van der Waals surface area contributed by atoms with Gasteiger partial charge >= 0.3 is 6.09 Å². The first kappa shape index (κ1) is 25.1. The molecular weight excluding hydrogens is 472 g/mol. The third-order valence-electron chi connectivity index (χ3n) is 8.42. The summed E-state index contributed by atoms with van der Waals surface area (Å²) in [5, 5.41) is 6.78. The van der Waals surface area contributed by atoms with Crippen LogP contribution in [0.25, 0.3) is 10.9 Å². The number of amides is 1. The molecule has 2 aromatic carbocycles. The number of hydroxylamine groups is 2. The lowest BCUT2D eigenvalue weighted by molar-refractivity contribution is -0.114. The van der Waals surface area contributed by atoms with Crippen molar-refractivity contribution in [2.45, 2.75) is 50.0 Å². The standard InChI is InChI=1S/C29H37ClN4O2/c1-33(2)29(23-6-4-3-5-7-23)14-10-21(11-15-29)19-32-28(35)36-34-16-12-22(13-17-34)26-20-31-27-9-8-24(30)18-25(26)27/h3-9,18,20-22,31H,10-17,19H2,1-2H3,(H,32,35). The zero-order valence-corrected chi connectivity index (χ0v) is 22.1. The lowest BCUT2D eigenvalue weighted by Gasteiger charge is -2.45. The molecule has 0 unspecified atom stereocenters. The molecule has 5 rings (SSSR count). The Morgan fingerprint density at radius 2 is 1.83 bits per heavy atom. The van der Waals surface area contributed by atoms with Crippen LogP contribution in [0.4, 0.5) is 4.79 Å². The molecular formula is C29H37ClN4O2. The van der Waals surface area contributed by atoms with Gasteiger partial charge in [-0.05, 0) is 93.8 Å². The molecule has 1 aromatic heterocycles. The second-order valence-corrected chi connectivity index (χ2v) is 11.1. The predicted molar refractivity (Wildman–Crippen MR) is 145 cm³/mol. The number of nitrogens with one attached hydrogen (secondary N) is 2. The van der Waals surface area contributed by atoms with Gasteiger partial charge in [0.1, 0.15) is 0 Å². The number of benzene rings is 2. The quantitative estimate of drug-likeness (QED) is 0.411. The first-order valence-electron chi connectivity index (χ1n) is 13.1. The van der Waals surface area contributed by atoms with Crippen LogP contribution in [0.1, 0.15) is 55.6 Å². The van der Waals surface area contributed by atoms with Crippen LogP contribution in [-0.2, 0) is 10.4 Å². The van der Waals surface area contributed by atoms with Crippen LogP contribution >= 0.6 is 11.6 Å². The van der Waals surface area contributed by atoms with Gasteiger partial charge in [-0.2, -0.15) is 0 Å². The molecule has 2 N–H and O–H groups in total. The topological polar surface area (TPSA) is 60.6 Å². The number of H-pyrrole nitrogens is 1. The molecule has 192 valence electrons. The second kappa shape index (κ2) is 10.8. The van der Waals surface area contributed by atoms with Crippen molar-refractivity contribution in [2.24, 2.45) is 5.92 Å². The highest BCUT2D eigenvalue weighted by Gasteiger charge is 2.38. The first-order chi connectivity index (χ1) is 17.4. The highest BCUT2D eigenvalue weighted by atomic mass is 35.5. The number of hydrogen-bond acceptors (Lipinski definition) is 4. The van der Waals surface area contributed by atoms with E-state index in [4.69, 9.17) is 16.4 Å². The van der Waals surface area contributed by atoms with Gasteiger partial charge in [0.2, 0.25) is 0 Å². The molecule has 2 fully saturated rings. The number of aromatic amines is 1. The number of carbonyl (C=O) groups excluding carboxylic acids is 1. The summed E-state index contributed by atoms with van der Waals surface area (Å²) in [6.45, 7) is 2.14. The smallest absolute Gasteiger partial charge is 0.361 e. The molecule has 0 radical (unpaired) electrons. The van der Waals surface area contributed by atoms with Gasteiger partial charge in [0.15, 0.2) is 0 Å². The maximum Gasteiger partial charge on any atom is 0.426 e. The summed E-state index contributed by atoms with van der Waals surface area (Å²) in [6, 6.07) is 16.8. The number of carbonyl (C=O) groups is 1. The molecule has 1 aliphatic carbocycles. The fourth-order valence-corrected chi connectivity index (χ4v) is 6.36. The Morgan fingerprint density at radius 3 is 2.53 bits per heavy atom. The van der Waals surface area contributed by atoms with Crippen LogP contribution in [0.5, 0.6) is 0 Å². The summed E-state index contributed by atoms with van der Waals surface area (Å²) in [5.41, 5.74) is 3.89. The summed E-state index contributed by atoms with van der Waals surface area (Å²) < 4.78 is 0. The lowest BCUT2D eigenvalue weighted by atomic mass is 9.72. The fraction of sp³-hybridized carbons (Fsp3) is 0.483. The van der Waals surface area contributed by atoms with Crippen LogP contribution in [0.3, 0.4) is 0 Å². The first-order valence-corrected chi connectivity index (χ1v) is 13.5. The zero-order chi connectivity index (χ0) is 25.1. The van der Waals surface area contributed by atoms with E-state index in [-0.39, 0.29) is 11.6 Å². The van der Waals surface area contributed by atoms with Gasteiger partial charge in [0.25, 0.3) is 0 Å². The van der Waals surface area contributed by atoms with Crippen molar-refractivity contribution in [1.82, 2.24) is 20.3 Å². The Balaban J connectivity index is 1.07. The van der Waals surface area contributed by atoms with Crippen molar-refractivity contribution in [3.8, 4) is 0 Å². The Labute approximate surface area is 218 Å². The molecule has 6 nitrogen and oxygen atoms in total. The van der Waals surface area contributed by atoms with Gasteiger partial charge in [-0.25, -0.2) is 4.79 Å². The van der Waals surface area contributed by atoms with Gasteiger partial charge in [0.05, 0.1) is 0 Å². The molecule has 7 heteroatoms. The molecule has 1 saturated heterocycles. The zero-order valence-electron chi connectivity index (χ0n) is 21.3. The average Bonchev–Trinajstić information content (AvgIpc) is 3.31. The van der Waals surface area contributed by atoms with E-state index in [9.17, 15) is 4.79 Å². The van der Waals surface area contributed by atoms with Gasteiger partial charge in [-0.1, -0.05) is 41.9 Å². The largest absolute Gasteiger partial charge is 0.426 e. The lowest BCUT2D eigenvalue weighted by Crippen LogP contribution is -2.46. The summed E-state index contributed by atoms with van der Waals surface area (Å²) >= 11 is 6.22. The number of fused-ring (bicyclic) bond motifs is 1. The SMILES string of the molecule is CN(C)C1(c2ccccc2)CCC(CNC(=O)ON2CCC(c3c[nH]c4ccc(Cl)cc34)CC2)CC1. The van der Waals surface area contributed by atoms with E-state index in [1.165, 1.54) is 16.5 Å². The van der Waals surface area contributed by atoms with Gasteiger partial charge in [-0.3, -0.25) is 4.90 Å². The van der Waals surface area contributed by atoms with Crippen LogP contribution in [-0.4, -0.2) is 54.8 Å². The van der Waals surface area contributed by atoms with Gasteiger partial charge in [-0.15, -0.1) is 5.06 Å². The third-order valence-corrected chi connectivity index (χ3v) is 8.65. The number of rotatable bonds is 6. The summed E-state index contributed by atoms with van der Waals surface area (Å²) in [5.74, 6) is 0.915. The van der Waals surface area contributed by atoms with E-state index in [0.717, 1.165) is 62.2 Å². The normalized spacial score (nSPS) is 23.7. The third kappa shape index (κ3) is 5.26. The number of halogens is 1. The molecule has 2 aliphatic rings. The molecule has 36 heavy (non-hydrogen) atoms. The Kier molecular flexibility index (Phi) is 7.56. The van der Waals surface area contributed by atoms with E-state index in [1.54, 1.807) is 5.06 Å². The van der Waals surface area contributed by atoms with Gasteiger partial charge in [0, 0.05) is 47.3 Å². The molecule has 2 heterocycles. The minimum absolute atomic E-state index is 0.0821. The fourth-order valence-electron chi connectivity index (χ4n) is 6.19. The minimum Gasteiger partial charge on any atom is -0.361 e. The summed E-state index contributed by atoms with van der Waals surface area (Å²) in [6.07, 6.45) is 8.03. The van der Waals surface area contributed by atoms with Crippen molar-refractivity contribution >= 4 is 28.6 Å². The van der Waals surface area contributed by atoms with Crippen molar-refractivity contribution < 1.29 is 9.63 Å². The maximum atomic E-state index is 12.5. The summed E-state index contributed by atoms with van der Waals surface area (Å²) in [4.78, 5) is 23.9. The molecule has 3 aromatic rings. The highest BCUT2D eigenvalue weighted by molar-refractivity contribution is 6.31. The number of piperidine rings is 1. The van der Waals surface area contributed by atoms with Crippen LogP contribution < -0.4 is 5.32 Å². The monoisotopic (exact) mass is 508 g/mol. The Bertz CT molecular complexity index is 1160. The molecule has 0 bridgehead atoms. The minimum atomic E-state index is -0.333. The van der Waals surface area contributed by atoms with E-state index >= 15 is 0 Å². The van der Waals surface area contributed by atoms with Crippen molar-refractivity contribution in [1.29, 1.82) is 0 Å². The Morgan fingerprint density at radius 1 is 1.11 bits per heavy atom. The predicted octanol–water partition coefficient (Wildman–Crippen LogP) is 6.29. The van der Waals surface area contributed by atoms with Crippen LogP contribution in [0.15, 0.2) is 54.7 Å². The van der Waals surface area contributed by atoms with E-state index in [0.29, 0.717) is 18.4 Å². The molecule has 0 spiro atoms. The average molecular weight is 509 g/mol. The van der Waals surface area contributed by atoms with Crippen LogP contribution in [0.2, 0.25) is 5.02 Å². The van der Waals surface area contributed by atoms with E-state index < -0.39 is 0 Å². The number of aromatic nitrogens is 1. The van der Waals surface area contributed by atoms with E-state index in [1.807, 2.05) is 18.2 Å². The van der Waals surface area contributed by atoms with Gasteiger partial charge < -0.3 is 15.1 Å². The van der Waals surface area contributed by atoms with E-state index in [2.05, 4.69) is 65.8 Å². The number of nitrogens with zero attached hydrogens (tertiary/aromatic N) is 2. The Hall–Kier alpha value is -2.54. The highest BCUT2D eigenvalue weighted by Crippen LogP contribution is 2.43. The summed E-state index contributed by atoms with van der Waals surface area (Å²) in [7, 11) is 4.36. The molecule has 1 amide bonds. The molecule has 1 saturated carbocycles. The maximum absolute atomic E-state index is 12.5. The molecule has 0 atom stereocenters. The van der Waals surface area contributed by atoms with Crippen molar-refractivity contribution in [2.75, 3.05) is 33.7 Å². The molecule has 1 aliphatic heterocycles. The van der Waals surface area contributed by atoms with Crippen molar-refractivity contribution in [3.05, 3.63) is 70.9 Å². The second-order valence-electron chi connectivity index (χ2n) is 10.6. The number of hydrogen-bond donors (Lipinski definition) is 2.